The Bertz CT molecular complexity index is 152. The highest BCUT2D eigenvalue weighted by molar-refractivity contribution is 4.86. The fourth-order valence-corrected chi connectivity index (χ4v) is 2.03. The van der Waals surface area contributed by atoms with Crippen LogP contribution in [0.15, 0.2) is 0 Å². The van der Waals surface area contributed by atoms with E-state index in [1.54, 1.807) is 7.11 Å². The summed E-state index contributed by atoms with van der Waals surface area (Å²) < 4.78 is 5.16. The van der Waals surface area contributed by atoms with Gasteiger partial charge >= 0.3 is 0 Å². The van der Waals surface area contributed by atoms with E-state index < -0.39 is 0 Å². The van der Waals surface area contributed by atoms with Gasteiger partial charge in [-0.1, -0.05) is 6.92 Å². The highest BCUT2D eigenvalue weighted by atomic mass is 16.5. The van der Waals surface area contributed by atoms with Gasteiger partial charge < -0.3 is 10.1 Å². The van der Waals surface area contributed by atoms with Crippen molar-refractivity contribution >= 4 is 0 Å². The second kappa shape index (κ2) is 4.94. The maximum atomic E-state index is 5.16. The lowest BCUT2D eigenvalue weighted by Crippen LogP contribution is -2.44. The number of methoxy groups -OCH3 is 1. The second-order valence-corrected chi connectivity index (χ2v) is 4.17. The van der Waals surface area contributed by atoms with Gasteiger partial charge in [0.2, 0.25) is 0 Å². The molecule has 1 N–H and O–H groups in total. The quantitative estimate of drug-likeness (QED) is 0.694. The zero-order chi connectivity index (χ0) is 9.84. The van der Waals surface area contributed by atoms with E-state index in [1.165, 1.54) is 0 Å². The van der Waals surface area contributed by atoms with Gasteiger partial charge in [-0.25, -0.2) is 0 Å². The van der Waals surface area contributed by atoms with Crippen LogP contribution in [0.1, 0.15) is 13.8 Å². The molecule has 0 aromatic carbocycles. The lowest BCUT2D eigenvalue weighted by Gasteiger charge is -2.32. The van der Waals surface area contributed by atoms with Gasteiger partial charge in [-0.3, -0.25) is 4.90 Å². The van der Waals surface area contributed by atoms with Crippen LogP contribution in [0.25, 0.3) is 0 Å². The van der Waals surface area contributed by atoms with Crippen molar-refractivity contribution in [3.8, 4) is 0 Å². The van der Waals surface area contributed by atoms with E-state index in [9.17, 15) is 0 Å². The smallest absolute Gasteiger partial charge is 0.0615 e. The van der Waals surface area contributed by atoms with Crippen molar-refractivity contribution in [2.24, 2.45) is 5.92 Å². The molecule has 78 valence electrons. The second-order valence-electron chi connectivity index (χ2n) is 4.17. The molecule has 3 unspecified atom stereocenters. The summed E-state index contributed by atoms with van der Waals surface area (Å²) in [5.74, 6) is 0.754. The molecule has 0 aromatic heterocycles. The molecule has 3 atom stereocenters. The minimum Gasteiger partial charge on any atom is -0.383 e. The summed E-state index contributed by atoms with van der Waals surface area (Å²) in [6.07, 6.45) is 0. The molecule has 0 aliphatic carbocycles. The Morgan fingerprint density at radius 3 is 2.69 bits per heavy atom. The first-order valence-electron chi connectivity index (χ1n) is 5.08. The lowest BCUT2D eigenvalue weighted by molar-refractivity contribution is 0.0835. The highest BCUT2D eigenvalue weighted by Crippen LogP contribution is 2.15. The summed E-state index contributed by atoms with van der Waals surface area (Å²) in [4.78, 5) is 2.42. The highest BCUT2D eigenvalue weighted by Gasteiger charge is 2.28. The van der Waals surface area contributed by atoms with Gasteiger partial charge in [-0.2, -0.15) is 0 Å². The first kappa shape index (κ1) is 11.0. The summed E-state index contributed by atoms with van der Waals surface area (Å²) in [7, 11) is 3.96. The molecule has 3 heteroatoms. The van der Waals surface area contributed by atoms with Crippen LogP contribution < -0.4 is 5.32 Å². The molecule has 1 aliphatic heterocycles. The molecule has 1 heterocycles. The third kappa shape index (κ3) is 2.66. The largest absolute Gasteiger partial charge is 0.383 e. The first-order chi connectivity index (χ1) is 6.16. The number of hydrogen-bond donors (Lipinski definition) is 1. The normalized spacial score (nSPS) is 31.2. The van der Waals surface area contributed by atoms with Crippen molar-refractivity contribution in [2.75, 3.05) is 33.9 Å². The number of rotatable bonds is 4. The molecule has 1 aliphatic rings. The molecule has 3 nitrogen and oxygen atoms in total. The zero-order valence-corrected chi connectivity index (χ0v) is 9.21. The first-order valence-corrected chi connectivity index (χ1v) is 5.08. The summed E-state index contributed by atoms with van der Waals surface area (Å²) in [6, 6.07) is 1.18. The Hall–Kier alpha value is -0.120. The van der Waals surface area contributed by atoms with Crippen LogP contribution in [-0.4, -0.2) is 50.8 Å². The molecule has 1 fully saturated rings. The van der Waals surface area contributed by atoms with E-state index in [-0.39, 0.29) is 0 Å². The Kier molecular flexibility index (Phi) is 4.16. The van der Waals surface area contributed by atoms with Crippen LogP contribution in [0.2, 0.25) is 0 Å². The summed E-state index contributed by atoms with van der Waals surface area (Å²) in [5.41, 5.74) is 0. The van der Waals surface area contributed by atoms with Gasteiger partial charge in [0.15, 0.2) is 0 Å². The monoisotopic (exact) mass is 186 g/mol. The third-order valence-electron chi connectivity index (χ3n) is 3.10. The standard InChI is InChI=1S/C10H22N2O/c1-8-5-11-6-10(8)12(3)9(2)7-13-4/h8-11H,5-7H2,1-4H3. The molecule has 0 spiro atoms. The molecule has 0 bridgehead atoms. The average molecular weight is 186 g/mol. The predicted molar refractivity (Wildman–Crippen MR) is 54.9 cm³/mol. The molecule has 0 radical (unpaired) electrons. The molecule has 0 saturated carbocycles. The fourth-order valence-electron chi connectivity index (χ4n) is 2.03. The Morgan fingerprint density at radius 1 is 1.54 bits per heavy atom. The maximum absolute atomic E-state index is 5.16. The minimum absolute atomic E-state index is 0.511. The van der Waals surface area contributed by atoms with E-state index in [1.807, 2.05) is 0 Å². The van der Waals surface area contributed by atoms with E-state index in [0.29, 0.717) is 12.1 Å². The number of ether oxygens (including phenoxy) is 1. The van der Waals surface area contributed by atoms with E-state index in [0.717, 1.165) is 25.6 Å². The van der Waals surface area contributed by atoms with E-state index in [4.69, 9.17) is 4.74 Å². The van der Waals surface area contributed by atoms with E-state index in [2.05, 4.69) is 31.1 Å². The van der Waals surface area contributed by atoms with Crippen molar-refractivity contribution in [2.45, 2.75) is 25.9 Å². The SMILES string of the molecule is COCC(C)N(C)C1CNCC1C. The molecule has 1 saturated heterocycles. The van der Waals surface area contributed by atoms with Crippen molar-refractivity contribution < 1.29 is 4.74 Å². The summed E-state index contributed by atoms with van der Waals surface area (Å²) in [5, 5.41) is 3.42. The van der Waals surface area contributed by atoms with Gasteiger partial charge in [0.25, 0.3) is 0 Å². The maximum Gasteiger partial charge on any atom is 0.0615 e. The fraction of sp³-hybridized carbons (Fsp3) is 1.00. The Labute approximate surface area is 81.4 Å². The third-order valence-corrected chi connectivity index (χ3v) is 3.10. The van der Waals surface area contributed by atoms with Crippen LogP contribution >= 0.6 is 0 Å². The van der Waals surface area contributed by atoms with Crippen molar-refractivity contribution in [1.82, 2.24) is 10.2 Å². The number of nitrogens with one attached hydrogen (secondary N) is 1. The number of hydrogen-bond acceptors (Lipinski definition) is 3. The van der Waals surface area contributed by atoms with Crippen LogP contribution in [0.4, 0.5) is 0 Å². The van der Waals surface area contributed by atoms with Crippen LogP contribution in [0, 0.1) is 5.92 Å². The van der Waals surface area contributed by atoms with Gasteiger partial charge in [0, 0.05) is 25.7 Å². The number of likely N-dealkylation sites (N-methyl/N-ethyl adjacent to an activating group) is 1. The van der Waals surface area contributed by atoms with Gasteiger partial charge in [-0.15, -0.1) is 0 Å². The lowest BCUT2D eigenvalue weighted by atomic mass is 10.0. The minimum atomic E-state index is 0.511. The molecular weight excluding hydrogens is 164 g/mol. The van der Waals surface area contributed by atoms with Gasteiger partial charge in [0.1, 0.15) is 0 Å². The van der Waals surface area contributed by atoms with Crippen molar-refractivity contribution in [1.29, 1.82) is 0 Å². The zero-order valence-electron chi connectivity index (χ0n) is 9.21. The molecule has 13 heavy (non-hydrogen) atoms. The van der Waals surface area contributed by atoms with Crippen molar-refractivity contribution in [3.05, 3.63) is 0 Å². The molecule has 0 aromatic rings. The van der Waals surface area contributed by atoms with Crippen LogP contribution in [0.3, 0.4) is 0 Å². The molecular formula is C10H22N2O. The Morgan fingerprint density at radius 2 is 2.23 bits per heavy atom. The molecule has 1 rings (SSSR count). The van der Waals surface area contributed by atoms with E-state index >= 15 is 0 Å². The van der Waals surface area contributed by atoms with Gasteiger partial charge in [0.05, 0.1) is 6.61 Å². The number of nitrogens with zero attached hydrogens (tertiary/aromatic N) is 1. The van der Waals surface area contributed by atoms with Crippen molar-refractivity contribution in [3.63, 3.8) is 0 Å². The average Bonchev–Trinajstić information content (AvgIpc) is 2.50. The predicted octanol–water partition coefficient (Wildman–Crippen LogP) is 0.561. The summed E-state index contributed by atoms with van der Waals surface area (Å²) >= 11 is 0. The Balaban J connectivity index is 2.40. The van der Waals surface area contributed by atoms with Crippen LogP contribution in [-0.2, 0) is 4.74 Å². The van der Waals surface area contributed by atoms with Gasteiger partial charge in [-0.05, 0) is 26.4 Å². The topological polar surface area (TPSA) is 24.5 Å². The molecule has 0 amide bonds. The van der Waals surface area contributed by atoms with Crippen LogP contribution in [0.5, 0.6) is 0 Å². The summed E-state index contributed by atoms with van der Waals surface area (Å²) in [6.45, 7) is 7.61.